The summed E-state index contributed by atoms with van der Waals surface area (Å²) >= 11 is 0. The maximum absolute atomic E-state index is 13.8. The van der Waals surface area contributed by atoms with E-state index < -0.39 is 5.41 Å². The van der Waals surface area contributed by atoms with Gasteiger partial charge in [-0.1, -0.05) is 66.2 Å². The standard InChI is InChI=1S/C29H21N3O/c1-17-11-13-18(14-12-17)29(2)22-9-5-3-8-20(22)27(33)32-26-16-24-21(15-25(26)31-28(29)32)19-7-4-6-10-23(19)30-24/h3-16,30H,1-2H3. The van der Waals surface area contributed by atoms with Gasteiger partial charge in [-0.15, -0.1) is 0 Å². The van der Waals surface area contributed by atoms with Crippen molar-refractivity contribution in [1.29, 1.82) is 0 Å². The van der Waals surface area contributed by atoms with Crippen LogP contribution in [0.3, 0.4) is 0 Å². The minimum Gasteiger partial charge on any atom is -0.354 e. The number of hydrogen-bond acceptors (Lipinski definition) is 2. The molecule has 0 radical (unpaired) electrons. The number of carbonyl (C=O) groups is 1. The van der Waals surface area contributed by atoms with Gasteiger partial charge >= 0.3 is 0 Å². The van der Waals surface area contributed by atoms with E-state index in [1.807, 2.05) is 34.9 Å². The van der Waals surface area contributed by atoms with Gasteiger partial charge in [0, 0.05) is 27.4 Å². The maximum Gasteiger partial charge on any atom is 0.264 e. The number of aromatic amines is 1. The highest BCUT2D eigenvalue weighted by molar-refractivity contribution is 6.13. The Morgan fingerprint density at radius 2 is 1.61 bits per heavy atom. The first-order valence-electron chi connectivity index (χ1n) is 11.2. The van der Waals surface area contributed by atoms with Crippen molar-refractivity contribution in [3.05, 3.63) is 113 Å². The van der Waals surface area contributed by atoms with Gasteiger partial charge in [0.1, 0.15) is 5.82 Å². The summed E-state index contributed by atoms with van der Waals surface area (Å²) in [6.07, 6.45) is 0. The maximum atomic E-state index is 13.8. The molecule has 33 heavy (non-hydrogen) atoms. The Labute approximate surface area is 190 Å². The zero-order chi connectivity index (χ0) is 22.3. The largest absolute Gasteiger partial charge is 0.354 e. The fourth-order valence-electron chi connectivity index (χ4n) is 5.48. The normalized spacial score (nSPS) is 17.6. The van der Waals surface area contributed by atoms with Crippen LogP contribution in [-0.4, -0.2) is 20.4 Å². The molecule has 6 aromatic rings. The second kappa shape index (κ2) is 6.20. The summed E-state index contributed by atoms with van der Waals surface area (Å²) in [7, 11) is 0. The van der Waals surface area contributed by atoms with E-state index in [1.165, 1.54) is 5.56 Å². The van der Waals surface area contributed by atoms with Gasteiger partial charge in [-0.3, -0.25) is 9.36 Å². The Balaban J connectivity index is 1.60. The summed E-state index contributed by atoms with van der Waals surface area (Å²) in [4.78, 5) is 22.4. The molecule has 0 spiro atoms. The van der Waals surface area contributed by atoms with E-state index in [0.29, 0.717) is 0 Å². The second-order valence-electron chi connectivity index (χ2n) is 9.17. The number of H-pyrrole nitrogens is 1. The molecule has 7 rings (SSSR count). The van der Waals surface area contributed by atoms with Crippen molar-refractivity contribution in [1.82, 2.24) is 14.5 Å². The average molecular weight is 428 g/mol. The molecule has 1 atom stereocenters. The summed E-state index contributed by atoms with van der Waals surface area (Å²) in [5, 5.41) is 2.28. The number of imidazole rings is 1. The molecule has 1 unspecified atom stereocenters. The van der Waals surface area contributed by atoms with E-state index in [-0.39, 0.29) is 5.91 Å². The summed E-state index contributed by atoms with van der Waals surface area (Å²) in [6, 6.07) is 29.0. The Bertz CT molecular complexity index is 1750. The Morgan fingerprint density at radius 3 is 2.45 bits per heavy atom. The first-order chi connectivity index (χ1) is 16.1. The van der Waals surface area contributed by atoms with Gasteiger partial charge in [0.15, 0.2) is 0 Å². The van der Waals surface area contributed by atoms with Crippen molar-refractivity contribution >= 4 is 38.7 Å². The zero-order valence-electron chi connectivity index (χ0n) is 18.4. The SMILES string of the molecule is Cc1ccc(C2(C)c3ccccc3C(=O)n3c2nc2cc4c(cc23)[nH]c2ccccc24)cc1. The lowest BCUT2D eigenvalue weighted by atomic mass is 9.71. The number of fused-ring (bicyclic) bond motifs is 7. The van der Waals surface area contributed by atoms with Crippen molar-refractivity contribution in [2.75, 3.05) is 0 Å². The van der Waals surface area contributed by atoms with Crippen molar-refractivity contribution in [3.63, 3.8) is 0 Å². The summed E-state index contributed by atoms with van der Waals surface area (Å²) in [5.74, 6) is 0.741. The molecule has 4 aromatic carbocycles. The number of nitrogens with zero attached hydrogens (tertiary/aromatic N) is 2. The lowest BCUT2D eigenvalue weighted by molar-refractivity contribution is 0.0949. The first kappa shape index (κ1) is 18.4. The lowest BCUT2D eigenvalue weighted by Crippen LogP contribution is -2.38. The minimum atomic E-state index is -0.549. The lowest BCUT2D eigenvalue weighted by Gasteiger charge is -2.36. The average Bonchev–Trinajstić information content (AvgIpc) is 3.40. The Hall–Kier alpha value is -4.18. The van der Waals surface area contributed by atoms with Crippen LogP contribution in [0.25, 0.3) is 32.8 Å². The van der Waals surface area contributed by atoms with Crippen LogP contribution in [0.15, 0.2) is 84.9 Å². The number of benzene rings is 4. The van der Waals surface area contributed by atoms with Crippen molar-refractivity contribution in [2.45, 2.75) is 19.3 Å². The number of para-hydroxylation sites is 1. The van der Waals surface area contributed by atoms with E-state index in [4.69, 9.17) is 4.98 Å². The van der Waals surface area contributed by atoms with E-state index in [2.05, 4.69) is 73.4 Å². The van der Waals surface area contributed by atoms with Crippen molar-refractivity contribution in [2.24, 2.45) is 0 Å². The quantitative estimate of drug-likeness (QED) is 0.333. The van der Waals surface area contributed by atoms with E-state index in [1.54, 1.807) is 0 Å². The van der Waals surface area contributed by atoms with Crippen LogP contribution in [0.2, 0.25) is 0 Å². The van der Waals surface area contributed by atoms with Gasteiger partial charge in [-0.2, -0.15) is 0 Å². The molecule has 0 fully saturated rings. The predicted octanol–water partition coefficient (Wildman–Crippen LogP) is 6.34. The molecule has 1 aliphatic heterocycles. The van der Waals surface area contributed by atoms with Crippen LogP contribution in [0, 0.1) is 6.92 Å². The van der Waals surface area contributed by atoms with Gasteiger partial charge in [0.05, 0.1) is 16.4 Å². The van der Waals surface area contributed by atoms with E-state index in [9.17, 15) is 4.79 Å². The minimum absolute atomic E-state index is 0.0249. The molecule has 4 heteroatoms. The fraction of sp³-hybridized carbons (Fsp3) is 0.103. The van der Waals surface area contributed by atoms with Crippen LogP contribution in [0.1, 0.15) is 39.8 Å². The van der Waals surface area contributed by atoms with Gasteiger partial charge < -0.3 is 4.98 Å². The molecule has 0 saturated carbocycles. The zero-order valence-corrected chi connectivity index (χ0v) is 18.4. The number of aryl methyl sites for hydroxylation is 1. The molecule has 1 N–H and O–H groups in total. The summed E-state index contributed by atoms with van der Waals surface area (Å²) in [5.41, 5.74) is 7.27. The van der Waals surface area contributed by atoms with Crippen molar-refractivity contribution < 1.29 is 4.79 Å². The molecule has 0 amide bonds. The molecule has 0 aliphatic carbocycles. The second-order valence-corrected chi connectivity index (χ2v) is 9.17. The molecule has 158 valence electrons. The van der Waals surface area contributed by atoms with Gasteiger partial charge in [0.2, 0.25) is 0 Å². The molecule has 1 aliphatic rings. The summed E-state index contributed by atoms with van der Waals surface area (Å²) < 4.78 is 1.82. The first-order valence-corrected chi connectivity index (χ1v) is 11.2. The van der Waals surface area contributed by atoms with Crippen LogP contribution in [-0.2, 0) is 5.41 Å². The highest BCUT2D eigenvalue weighted by Crippen LogP contribution is 2.45. The number of hydrogen-bond donors (Lipinski definition) is 1. The Morgan fingerprint density at radius 1 is 0.848 bits per heavy atom. The third-order valence-electron chi connectivity index (χ3n) is 7.26. The molecular formula is C29H21N3O. The topological polar surface area (TPSA) is 50.7 Å². The molecular weight excluding hydrogens is 406 g/mol. The van der Waals surface area contributed by atoms with E-state index in [0.717, 1.165) is 55.4 Å². The third kappa shape index (κ3) is 2.30. The van der Waals surface area contributed by atoms with Crippen LogP contribution in [0.5, 0.6) is 0 Å². The van der Waals surface area contributed by atoms with Crippen LogP contribution >= 0.6 is 0 Å². The number of nitrogens with one attached hydrogen (secondary N) is 1. The van der Waals surface area contributed by atoms with Crippen LogP contribution < -0.4 is 0 Å². The number of aromatic nitrogens is 3. The third-order valence-corrected chi connectivity index (χ3v) is 7.26. The molecule has 0 saturated heterocycles. The monoisotopic (exact) mass is 427 g/mol. The van der Waals surface area contributed by atoms with Gasteiger partial charge in [0.25, 0.3) is 5.91 Å². The molecule has 0 bridgehead atoms. The molecule has 4 nitrogen and oxygen atoms in total. The summed E-state index contributed by atoms with van der Waals surface area (Å²) in [6.45, 7) is 4.27. The highest BCUT2D eigenvalue weighted by Gasteiger charge is 2.44. The van der Waals surface area contributed by atoms with Crippen LogP contribution in [0.4, 0.5) is 0 Å². The molecule has 2 aromatic heterocycles. The predicted molar refractivity (Wildman–Crippen MR) is 132 cm³/mol. The van der Waals surface area contributed by atoms with Gasteiger partial charge in [-0.25, -0.2) is 4.98 Å². The van der Waals surface area contributed by atoms with E-state index >= 15 is 0 Å². The molecule has 3 heterocycles. The van der Waals surface area contributed by atoms with Crippen molar-refractivity contribution in [3.8, 4) is 0 Å². The van der Waals surface area contributed by atoms with Gasteiger partial charge in [-0.05, 0) is 49.2 Å². The fourth-order valence-corrected chi connectivity index (χ4v) is 5.48. The smallest absolute Gasteiger partial charge is 0.264 e. The number of carbonyl (C=O) groups excluding carboxylic acids is 1. The highest BCUT2D eigenvalue weighted by atomic mass is 16.2. The Kier molecular flexibility index (Phi) is 3.46. The number of rotatable bonds is 1.